The second-order valence-corrected chi connectivity index (χ2v) is 5.50. The largest absolute Gasteiger partial charge is 0.416 e. The average Bonchev–Trinajstić information content (AvgIpc) is 2.45. The Morgan fingerprint density at radius 2 is 1.81 bits per heavy atom. The van der Waals surface area contributed by atoms with Crippen molar-refractivity contribution in [1.82, 2.24) is 5.43 Å². The Kier molecular flexibility index (Phi) is 5.03. The van der Waals surface area contributed by atoms with Gasteiger partial charge in [0.15, 0.2) is 0 Å². The molecule has 0 spiro atoms. The van der Waals surface area contributed by atoms with Crippen molar-refractivity contribution in [2.45, 2.75) is 18.6 Å². The molecule has 1 atom stereocenters. The van der Waals surface area contributed by atoms with Gasteiger partial charge < -0.3 is 0 Å². The van der Waals surface area contributed by atoms with Gasteiger partial charge in [0.1, 0.15) is 0 Å². The molecule has 6 heteroatoms. The lowest BCUT2D eigenvalue weighted by Crippen LogP contribution is -2.29. The Balaban J connectivity index is 2.26. The van der Waals surface area contributed by atoms with Crippen molar-refractivity contribution < 1.29 is 13.2 Å². The van der Waals surface area contributed by atoms with Crippen LogP contribution in [0.3, 0.4) is 0 Å². The van der Waals surface area contributed by atoms with E-state index in [-0.39, 0.29) is 6.04 Å². The highest BCUT2D eigenvalue weighted by atomic mass is 79.9. The van der Waals surface area contributed by atoms with Crippen molar-refractivity contribution in [3.8, 4) is 0 Å². The zero-order valence-corrected chi connectivity index (χ0v) is 12.6. The Hall–Kier alpha value is -1.37. The molecule has 0 aromatic heterocycles. The van der Waals surface area contributed by atoms with E-state index in [0.29, 0.717) is 12.0 Å². The molecule has 0 fully saturated rings. The Bertz CT molecular complexity index is 614. The van der Waals surface area contributed by atoms with Crippen molar-refractivity contribution in [3.63, 3.8) is 0 Å². The van der Waals surface area contributed by atoms with Gasteiger partial charge in [-0.15, -0.1) is 0 Å². The third-order valence-electron chi connectivity index (χ3n) is 3.18. The Labute approximate surface area is 129 Å². The van der Waals surface area contributed by atoms with Crippen LogP contribution in [-0.2, 0) is 12.6 Å². The fourth-order valence-electron chi connectivity index (χ4n) is 2.13. The first-order valence-corrected chi connectivity index (χ1v) is 7.08. The molecule has 0 bridgehead atoms. The van der Waals surface area contributed by atoms with Crippen LogP contribution in [0.5, 0.6) is 0 Å². The van der Waals surface area contributed by atoms with E-state index in [2.05, 4.69) is 21.4 Å². The van der Waals surface area contributed by atoms with E-state index in [1.807, 2.05) is 24.3 Å². The summed E-state index contributed by atoms with van der Waals surface area (Å²) in [5.74, 6) is 5.55. The van der Waals surface area contributed by atoms with Gasteiger partial charge in [-0.1, -0.05) is 52.3 Å². The lowest BCUT2D eigenvalue weighted by molar-refractivity contribution is -0.137. The second kappa shape index (κ2) is 6.60. The molecule has 3 N–H and O–H groups in total. The normalized spacial score (nSPS) is 13.2. The number of halogens is 4. The molecule has 2 aromatic carbocycles. The molecule has 112 valence electrons. The number of nitrogens with two attached hydrogens (primary N) is 1. The predicted molar refractivity (Wildman–Crippen MR) is 79.4 cm³/mol. The number of nitrogens with one attached hydrogen (secondary N) is 1. The fourth-order valence-corrected chi connectivity index (χ4v) is 2.69. The summed E-state index contributed by atoms with van der Waals surface area (Å²) in [6.45, 7) is 0. The first-order valence-electron chi connectivity index (χ1n) is 6.28. The SMILES string of the molecule is NNC(Cc1cccc(C(F)(F)F)c1)c1ccccc1Br. The van der Waals surface area contributed by atoms with Gasteiger partial charge in [-0.3, -0.25) is 11.3 Å². The lowest BCUT2D eigenvalue weighted by Gasteiger charge is -2.18. The van der Waals surface area contributed by atoms with Gasteiger partial charge >= 0.3 is 6.18 Å². The first kappa shape index (κ1) is 16.0. The van der Waals surface area contributed by atoms with Crippen LogP contribution >= 0.6 is 15.9 Å². The van der Waals surface area contributed by atoms with Crippen LogP contribution in [0.25, 0.3) is 0 Å². The summed E-state index contributed by atoms with van der Waals surface area (Å²) in [6.07, 6.45) is -3.97. The summed E-state index contributed by atoms with van der Waals surface area (Å²) >= 11 is 3.42. The molecule has 0 aliphatic heterocycles. The third-order valence-corrected chi connectivity index (χ3v) is 3.90. The summed E-state index contributed by atoms with van der Waals surface area (Å²) in [5, 5.41) is 0. The molecule has 0 saturated carbocycles. The van der Waals surface area contributed by atoms with Gasteiger partial charge in [0.2, 0.25) is 0 Å². The standard InChI is InChI=1S/C15H14BrF3N2/c16-13-7-2-1-6-12(13)14(21-20)9-10-4-3-5-11(8-10)15(17,18)19/h1-8,14,21H,9,20H2. The maximum Gasteiger partial charge on any atom is 0.416 e. The highest BCUT2D eigenvalue weighted by molar-refractivity contribution is 9.10. The average molecular weight is 359 g/mol. The number of benzene rings is 2. The topological polar surface area (TPSA) is 38.0 Å². The van der Waals surface area contributed by atoms with Crippen molar-refractivity contribution in [2.75, 3.05) is 0 Å². The predicted octanol–water partition coefficient (Wildman–Crippen LogP) is 4.22. The number of rotatable bonds is 4. The lowest BCUT2D eigenvalue weighted by atomic mass is 9.98. The first-order chi connectivity index (χ1) is 9.91. The monoisotopic (exact) mass is 358 g/mol. The fraction of sp³-hybridized carbons (Fsp3) is 0.200. The van der Waals surface area contributed by atoms with Crippen LogP contribution in [0.2, 0.25) is 0 Å². The molecule has 0 amide bonds. The molecule has 1 unspecified atom stereocenters. The van der Waals surface area contributed by atoms with Crippen LogP contribution in [0, 0.1) is 0 Å². The molecular weight excluding hydrogens is 345 g/mol. The molecule has 0 aliphatic carbocycles. The molecule has 0 saturated heterocycles. The van der Waals surface area contributed by atoms with Gasteiger partial charge in [-0.2, -0.15) is 13.2 Å². The van der Waals surface area contributed by atoms with Crippen molar-refractivity contribution in [2.24, 2.45) is 5.84 Å². The van der Waals surface area contributed by atoms with E-state index >= 15 is 0 Å². The summed E-state index contributed by atoms with van der Waals surface area (Å²) in [7, 11) is 0. The number of alkyl halides is 3. The van der Waals surface area contributed by atoms with Crippen molar-refractivity contribution >= 4 is 15.9 Å². The van der Waals surface area contributed by atoms with Crippen LogP contribution in [0.15, 0.2) is 53.0 Å². The molecule has 2 nitrogen and oxygen atoms in total. The number of hydrogen-bond acceptors (Lipinski definition) is 2. The van der Waals surface area contributed by atoms with Gasteiger partial charge in [0.05, 0.1) is 11.6 Å². The van der Waals surface area contributed by atoms with E-state index < -0.39 is 11.7 Å². The summed E-state index contributed by atoms with van der Waals surface area (Å²) in [6, 6.07) is 12.5. The highest BCUT2D eigenvalue weighted by Crippen LogP contribution is 2.31. The summed E-state index contributed by atoms with van der Waals surface area (Å²) in [4.78, 5) is 0. The van der Waals surface area contributed by atoms with Crippen molar-refractivity contribution in [1.29, 1.82) is 0 Å². The zero-order chi connectivity index (χ0) is 15.5. The van der Waals surface area contributed by atoms with Crippen LogP contribution in [0.4, 0.5) is 13.2 Å². The van der Waals surface area contributed by atoms with Gasteiger partial charge in [-0.25, -0.2) is 0 Å². The van der Waals surface area contributed by atoms with Gasteiger partial charge in [0.25, 0.3) is 0 Å². The maximum absolute atomic E-state index is 12.7. The number of hydrazine groups is 1. The quantitative estimate of drug-likeness (QED) is 0.634. The number of hydrogen-bond donors (Lipinski definition) is 2. The van der Waals surface area contributed by atoms with Crippen molar-refractivity contribution in [3.05, 3.63) is 69.7 Å². The minimum Gasteiger partial charge on any atom is -0.271 e. The van der Waals surface area contributed by atoms with E-state index in [1.165, 1.54) is 6.07 Å². The molecular formula is C15H14BrF3N2. The Morgan fingerprint density at radius 3 is 2.43 bits per heavy atom. The molecule has 2 rings (SSSR count). The van der Waals surface area contributed by atoms with E-state index in [9.17, 15) is 13.2 Å². The molecule has 0 radical (unpaired) electrons. The smallest absolute Gasteiger partial charge is 0.271 e. The second-order valence-electron chi connectivity index (χ2n) is 4.64. The highest BCUT2D eigenvalue weighted by Gasteiger charge is 2.30. The Morgan fingerprint density at radius 1 is 1.10 bits per heavy atom. The minimum absolute atomic E-state index is 0.274. The molecule has 0 heterocycles. The zero-order valence-electron chi connectivity index (χ0n) is 11.0. The van der Waals surface area contributed by atoms with Crippen LogP contribution in [-0.4, -0.2) is 0 Å². The molecule has 2 aromatic rings. The van der Waals surface area contributed by atoms with E-state index in [0.717, 1.165) is 22.2 Å². The van der Waals surface area contributed by atoms with Gasteiger partial charge in [0, 0.05) is 4.47 Å². The van der Waals surface area contributed by atoms with E-state index in [1.54, 1.807) is 6.07 Å². The minimum atomic E-state index is -4.34. The van der Waals surface area contributed by atoms with Crippen LogP contribution < -0.4 is 11.3 Å². The van der Waals surface area contributed by atoms with Crippen LogP contribution in [0.1, 0.15) is 22.7 Å². The summed E-state index contributed by atoms with van der Waals surface area (Å²) in [5.41, 5.74) is 3.48. The van der Waals surface area contributed by atoms with Gasteiger partial charge in [-0.05, 0) is 29.7 Å². The maximum atomic E-state index is 12.7. The van der Waals surface area contributed by atoms with E-state index in [4.69, 9.17) is 5.84 Å². The molecule has 0 aliphatic rings. The molecule has 21 heavy (non-hydrogen) atoms. The third kappa shape index (κ3) is 4.06. The summed E-state index contributed by atoms with van der Waals surface area (Å²) < 4.78 is 39.0.